The van der Waals surface area contributed by atoms with Gasteiger partial charge in [-0.05, 0) is 25.7 Å². The molecule has 2 N–H and O–H groups in total. The molecule has 1 aliphatic rings. The zero-order chi connectivity index (χ0) is 11.7. The Hall–Kier alpha value is -0.610. The summed E-state index contributed by atoms with van der Waals surface area (Å²) < 4.78 is 0. The largest absolute Gasteiger partial charge is 0.345 e. The maximum absolute atomic E-state index is 5.79. The van der Waals surface area contributed by atoms with Gasteiger partial charge in [0.2, 0.25) is 0 Å². The van der Waals surface area contributed by atoms with Gasteiger partial charge in [0.05, 0.1) is 5.69 Å². The summed E-state index contributed by atoms with van der Waals surface area (Å²) >= 11 is 1.78. The Bertz CT molecular complexity index is 359. The third-order valence-electron chi connectivity index (χ3n) is 3.25. The zero-order valence-corrected chi connectivity index (χ0v) is 11.2. The van der Waals surface area contributed by atoms with Gasteiger partial charge in [0, 0.05) is 24.0 Å². The Labute approximate surface area is 102 Å². The van der Waals surface area contributed by atoms with Crippen LogP contribution in [0.25, 0.3) is 0 Å². The fraction of sp³-hybridized carbons (Fsp3) is 0.750. The number of anilines is 1. The molecule has 1 unspecified atom stereocenters. The summed E-state index contributed by atoms with van der Waals surface area (Å²) in [6.07, 6.45) is 2.57. The van der Waals surface area contributed by atoms with Crippen LogP contribution in [-0.4, -0.2) is 17.6 Å². The molecule has 0 spiro atoms. The quantitative estimate of drug-likeness (QED) is 0.882. The molecule has 4 heteroatoms. The number of nitrogens with zero attached hydrogens (tertiary/aromatic N) is 2. The van der Waals surface area contributed by atoms with Crippen LogP contribution in [0.2, 0.25) is 0 Å². The third kappa shape index (κ3) is 2.09. The van der Waals surface area contributed by atoms with Crippen molar-refractivity contribution >= 4 is 16.5 Å². The van der Waals surface area contributed by atoms with Crippen LogP contribution in [-0.2, 0) is 6.54 Å². The van der Waals surface area contributed by atoms with E-state index in [0.717, 1.165) is 6.54 Å². The van der Waals surface area contributed by atoms with E-state index in [-0.39, 0.29) is 0 Å². The van der Waals surface area contributed by atoms with E-state index < -0.39 is 0 Å². The van der Waals surface area contributed by atoms with E-state index in [1.807, 2.05) is 0 Å². The summed E-state index contributed by atoms with van der Waals surface area (Å²) in [7, 11) is 0. The van der Waals surface area contributed by atoms with Gasteiger partial charge in [0.1, 0.15) is 0 Å². The Morgan fingerprint density at radius 1 is 1.56 bits per heavy atom. The minimum atomic E-state index is 0.474. The van der Waals surface area contributed by atoms with Gasteiger partial charge in [-0.1, -0.05) is 13.8 Å². The lowest BCUT2D eigenvalue weighted by molar-refractivity contribution is 0.728. The molecular weight excluding hydrogens is 218 g/mol. The lowest BCUT2D eigenvalue weighted by Gasteiger charge is -2.19. The maximum Gasteiger partial charge on any atom is 0.186 e. The molecule has 0 saturated carbocycles. The van der Waals surface area contributed by atoms with E-state index in [1.165, 1.54) is 28.5 Å². The monoisotopic (exact) mass is 239 g/mol. The van der Waals surface area contributed by atoms with Crippen LogP contribution in [0.1, 0.15) is 50.1 Å². The van der Waals surface area contributed by atoms with Gasteiger partial charge in [0.25, 0.3) is 0 Å². The second-order valence-electron chi connectivity index (χ2n) is 4.85. The van der Waals surface area contributed by atoms with Gasteiger partial charge in [-0.15, -0.1) is 11.3 Å². The van der Waals surface area contributed by atoms with Crippen molar-refractivity contribution in [1.82, 2.24) is 4.98 Å². The Morgan fingerprint density at radius 3 is 2.75 bits per heavy atom. The van der Waals surface area contributed by atoms with Crippen LogP contribution < -0.4 is 10.6 Å². The molecule has 1 atom stereocenters. The molecule has 1 saturated heterocycles. The molecule has 0 bridgehead atoms. The molecule has 1 aromatic rings. The minimum Gasteiger partial charge on any atom is -0.345 e. The number of aromatic nitrogens is 1. The molecular formula is C12H21N3S. The van der Waals surface area contributed by atoms with Crippen LogP contribution >= 0.6 is 11.3 Å². The predicted octanol–water partition coefficient (Wildman–Crippen LogP) is 2.71. The van der Waals surface area contributed by atoms with Gasteiger partial charge in [0.15, 0.2) is 5.13 Å². The van der Waals surface area contributed by atoms with Crippen molar-refractivity contribution in [1.29, 1.82) is 0 Å². The summed E-state index contributed by atoms with van der Waals surface area (Å²) in [6.45, 7) is 8.42. The van der Waals surface area contributed by atoms with Gasteiger partial charge < -0.3 is 10.6 Å². The molecule has 16 heavy (non-hydrogen) atoms. The predicted molar refractivity (Wildman–Crippen MR) is 70.1 cm³/mol. The van der Waals surface area contributed by atoms with Crippen LogP contribution in [0.4, 0.5) is 5.13 Å². The smallest absolute Gasteiger partial charge is 0.186 e. The zero-order valence-electron chi connectivity index (χ0n) is 10.4. The summed E-state index contributed by atoms with van der Waals surface area (Å²) in [4.78, 5) is 8.46. The maximum atomic E-state index is 5.79. The van der Waals surface area contributed by atoms with Gasteiger partial charge in [-0.25, -0.2) is 4.98 Å². The van der Waals surface area contributed by atoms with Crippen molar-refractivity contribution in [2.75, 3.05) is 11.4 Å². The first kappa shape index (κ1) is 11.9. The first-order chi connectivity index (χ1) is 7.63. The molecule has 1 aromatic heterocycles. The van der Waals surface area contributed by atoms with E-state index in [1.54, 1.807) is 11.3 Å². The molecule has 0 aliphatic carbocycles. The standard InChI is InChI=1S/C12H21N3S/c1-8(2)11-10(7-13)16-12(14-11)15-6-4-5-9(15)3/h8-9H,4-7,13H2,1-3H3. The van der Waals surface area contributed by atoms with Crippen molar-refractivity contribution < 1.29 is 0 Å². The van der Waals surface area contributed by atoms with Crippen molar-refractivity contribution in [2.45, 2.75) is 52.1 Å². The molecule has 2 rings (SSSR count). The number of nitrogens with two attached hydrogens (primary N) is 1. The number of thiazole rings is 1. The average molecular weight is 239 g/mol. The van der Waals surface area contributed by atoms with Crippen molar-refractivity contribution in [2.24, 2.45) is 5.73 Å². The molecule has 2 heterocycles. The highest BCUT2D eigenvalue weighted by atomic mass is 32.1. The first-order valence-corrected chi connectivity index (χ1v) is 6.91. The minimum absolute atomic E-state index is 0.474. The number of rotatable bonds is 3. The topological polar surface area (TPSA) is 42.2 Å². The van der Waals surface area contributed by atoms with E-state index in [9.17, 15) is 0 Å². The van der Waals surface area contributed by atoms with Crippen molar-refractivity contribution in [3.63, 3.8) is 0 Å². The summed E-state index contributed by atoms with van der Waals surface area (Å²) in [5.74, 6) is 0.474. The van der Waals surface area contributed by atoms with Gasteiger partial charge >= 0.3 is 0 Å². The van der Waals surface area contributed by atoms with Crippen molar-refractivity contribution in [3.05, 3.63) is 10.6 Å². The second-order valence-corrected chi connectivity index (χ2v) is 5.91. The van der Waals surface area contributed by atoms with Crippen LogP contribution in [0.15, 0.2) is 0 Å². The lowest BCUT2D eigenvalue weighted by Crippen LogP contribution is -2.26. The fourth-order valence-corrected chi connectivity index (χ4v) is 3.51. The van der Waals surface area contributed by atoms with E-state index in [4.69, 9.17) is 10.7 Å². The average Bonchev–Trinajstić information content (AvgIpc) is 2.82. The van der Waals surface area contributed by atoms with Gasteiger partial charge in [-0.2, -0.15) is 0 Å². The van der Waals surface area contributed by atoms with Crippen LogP contribution in [0.3, 0.4) is 0 Å². The fourth-order valence-electron chi connectivity index (χ4n) is 2.29. The Morgan fingerprint density at radius 2 is 2.31 bits per heavy atom. The summed E-state index contributed by atoms with van der Waals surface area (Å²) in [6, 6.07) is 0.636. The van der Waals surface area contributed by atoms with E-state index in [0.29, 0.717) is 18.5 Å². The first-order valence-electron chi connectivity index (χ1n) is 6.09. The van der Waals surface area contributed by atoms with E-state index in [2.05, 4.69) is 25.7 Å². The molecule has 1 aliphatic heterocycles. The summed E-state index contributed by atoms with van der Waals surface area (Å²) in [5.41, 5.74) is 6.98. The molecule has 3 nitrogen and oxygen atoms in total. The molecule has 0 amide bonds. The lowest BCUT2D eigenvalue weighted by atomic mass is 10.1. The summed E-state index contributed by atoms with van der Waals surface area (Å²) in [5, 5.41) is 1.18. The third-order valence-corrected chi connectivity index (χ3v) is 4.38. The van der Waals surface area contributed by atoms with E-state index >= 15 is 0 Å². The second kappa shape index (κ2) is 4.72. The van der Waals surface area contributed by atoms with Crippen molar-refractivity contribution in [3.8, 4) is 0 Å². The highest BCUT2D eigenvalue weighted by molar-refractivity contribution is 7.15. The number of hydrogen-bond donors (Lipinski definition) is 1. The molecule has 90 valence electrons. The Kier molecular flexibility index (Phi) is 3.50. The highest BCUT2D eigenvalue weighted by Crippen LogP contribution is 2.34. The normalized spacial score (nSPS) is 21.1. The highest BCUT2D eigenvalue weighted by Gasteiger charge is 2.24. The van der Waals surface area contributed by atoms with Crippen LogP contribution in [0, 0.1) is 0 Å². The molecule has 0 radical (unpaired) electrons. The molecule has 1 fully saturated rings. The Balaban J connectivity index is 2.28. The van der Waals surface area contributed by atoms with Gasteiger partial charge in [-0.3, -0.25) is 0 Å². The van der Waals surface area contributed by atoms with Crippen LogP contribution in [0.5, 0.6) is 0 Å². The molecule has 0 aromatic carbocycles. The SMILES string of the molecule is CC(C)c1nc(N2CCCC2C)sc1CN. The number of hydrogen-bond acceptors (Lipinski definition) is 4.